The van der Waals surface area contributed by atoms with E-state index in [-0.39, 0.29) is 18.3 Å². The van der Waals surface area contributed by atoms with Crippen LogP contribution in [0.3, 0.4) is 0 Å². The number of halogens is 2. The van der Waals surface area contributed by atoms with Crippen molar-refractivity contribution in [2.24, 2.45) is 0 Å². The van der Waals surface area contributed by atoms with E-state index < -0.39 is 11.6 Å². The number of unbranched alkanes of at least 4 members (excludes halogenated alkanes) is 3. The summed E-state index contributed by atoms with van der Waals surface area (Å²) in [4.78, 5) is 0. The van der Waals surface area contributed by atoms with Gasteiger partial charge in [-0.05, 0) is 72.9 Å². The predicted molar refractivity (Wildman–Crippen MR) is 134 cm³/mol. The molecule has 0 N–H and O–H groups in total. The number of ether oxygens (including phenoxy) is 2. The lowest BCUT2D eigenvalue weighted by atomic mass is 10.0. The normalized spacial score (nSPS) is 11.6. The van der Waals surface area contributed by atoms with Gasteiger partial charge in [-0.1, -0.05) is 62.3 Å². The van der Waals surface area contributed by atoms with Gasteiger partial charge in [0.05, 0.1) is 18.3 Å². The van der Waals surface area contributed by atoms with Gasteiger partial charge in [-0.25, -0.2) is 8.78 Å². The van der Waals surface area contributed by atoms with Crippen LogP contribution in [0.5, 0.6) is 5.75 Å². The monoisotopic (exact) mass is 462 g/mol. The van der Waals surface area contributed by atoms with Gasteiger partial charge in [0.15, 0.2) is 0 Å². The number of hydrogen-bond donors (Lipinski definition) is 0. The summed E-state index contributed by atoms with van der Waals surface area (Å²) in [5.41, 5.74) is 2.98. The molecule has 178 valence electrons. The molecule has 0 aliphatic carbocycles. The van der Waals surface area contributed by atoms with Crippen molar-refractivity contribution in [2.45, 2.75) is 58.7 Å². The minimum absolute atomic E-state index is 0.147. The van der Waals surface area contributed by atoms with E-state index in [9.17, 15) is 8.78 Å². The van der Waals surface area contributed by atoms with E-state index in [1.54, 1.807) is 0 Å². The van der Waals surface area contributed by atoms with Gasteiger partial charge in [0, 0.05) is 12.7 Å². The summed E-state index contributed by atoms with van der Waals surface area (Å²) in [6, 6.07) is 18.1. The number of rotatable bonds is 10. The zero-order valence-corrected chi connectivity index (χ0v) is 20.2. The molecule has 0 heterocycles. The van der Waals surface area contributed by atoms with Crippen molar-refractivity contribution in [1.82, 2.24) is 0 Å². The molecule has 0 spiro atoms. The van der Waals surface area contributed by atoms with E-state index in [0.29, 0.717) is 11.1 Å². The van der Waals surface area contributed by atoms with Gasteiger partial charge in [0.25, 0.3) is 0 Å². The zero-order chi connectivity index (χ0) is 24.3. The minimum atomic E-state index is -0.686. The Morgan fingerprint density at radius 2 is 1.44 bits per heavy atom. The van der Waals surface area contributed by atoms with Gasteiger partial charge in [0.1, 0.15) is 17.4 Å². The van der Waals surface area contributed by atoms with Crippen LogP contribution in [0.2, 0.25) is 0 Å². The molecule has 0 aliphatic heterocycles. The van der Waals surface area contributed by atoms with Crippen molar-refractivity contribution in [1.29, 1.82) is 0 Å². The molecule has 2 nitrogen and oxygen atoms in total. The molecule has 0 saturated heterocycles. The summed E-state index contributed by atoms with van der Waals surface area (Å²) in [6.45, 7) is 4.48. The molecule has 0 radical (unpaired) electrons. The van der Waals surface area contributed by atoms with Crippen LogP contribution in [-0.2, 0) is 11.3 Å². The number of hydrogen-bond acceptors (Lipinski definition) is 2. The fourth-order valence-electron chi connectivity index (χ4n) is 3.75. The van der Waals surface area contributed by atoms with Crippen LogP contribution in [-0.4, -0.2) is 13.2 Å². The van der Waals surface area contributed by atoms with Crippen molar-refractivity contribution in [3.8, 4) is 28.7 Å². The average Bonchev–Trinajstić information content (AvgIpc) is 2.82. The van der Waals surface area contributed by atoms with Crippen molar-refractivity contribution in [3.05, 3.63) is 89.0 Å². The average molecular weight is 463 g/mol. The molecular weight excluding hydrogens is 430 g/mol. The van der Waals surface area contributed by atoms with Gasteiger partial charge in [-0.3, -0.25) is 0 Å². The van der Waals surface area contributed by atoms with Gasteiger partial charge in [-0.2, -0.15) is 0 Å². The highest BCUT2D eigenvalue weighted by molar-refractivity contribution is 5.65. The first-order chi connectivity index (χ1) is 16.5. The third-order valence-electron chi connectivity index (χ3n) is 5.62. The zero-order valence-electron chi connectivity index (χ0n) is 20.2. The summed E-state index contributed by atoms with van der Waals surface area (Å²) in [7, 11) is 1.48. The van der Waals surface area contributed by atoms with Crippen LogP contribution < -0.4 is 4.74 Å². The van der Waals surface area contributed by atoms with Gasteiger partial charge in [0.2, 0.25) is 0 Å². The Bertz CT molecular complexity index is 1090. The van der Waals surface area contributed by atoms with E-state index in [1.807, 2.05) is 48.5 Å². The van der Waals surface area contributed by atoms with Crippen LogP contribution in [0.15, 0.2) is 60.7 Å². The molecule has 1 unspecified atom stereocenters. The highest BCUT2D eigenvalue weighted by Crippen LogP contribution is 2.24. The lowest BCUT2D eigenvalue weighted by Crippen LogP contribution is -2.11. The predicted octanol–water partition coefficient (Wildman–Crippen LogP) is 7.92. The first kappa shape index (κ1) is 25.5. The molecule has 3 aromatic carbocycles. The first-order valence-corrected chi connectivity index (χ1v) is 11.9. The summed E-state index contributed by atoms with van der Waals surface area (Å²) >= 11 is 0. The number of methoxy groups -OCH3 is 1. The van der Waals surface area contributed by atoms with Crippen LogP contribution in [0, 0.1) is 23.5 Å². The number of benzene rings is 3. The van der Waals surface area contributed by atoms with E-state index in [2.05, 4.69) is 25.7 Å². The van der Waals surface area contributed by atoms with Crippen molar-refractivity contribution < 1.29 is 18.3 Å². The fraction of sp³-hybridized carbons (Fsp3) is 0.333. The smallest absolute Gasteiger partial charge is 0.142 e. The standard InChI is InChI=1S/C30H32F2O2/c1-4-5-6-7-8-22(2)34-27-16-14-26(15-17-27)25-12-9-23(10-13-25)11-18-28-29(31)19-24(21-33-3)20-30(28)32/h9-10,12-17,19-20,22H,4-8,21H2,1-3H3. The van der Waals surface area contributed by atoms with Crippen molar-refractivity contribution >= 4 is 0 Å². The van der Waals surface area contributed by atoms with E-state index >= 15 is 0 Å². The maximum Gasteiger partial charge on any atom is 0.142 e. The molecule has 34 heavy (non-hydrogen) atoms. The second-order valence-corrected chi connectivity index (χ2v) is 8.50. The summed E-state index contributed by atoms with van der Waals surface area (Å²) in [6.07, 6.45) is 6.24. The van der Waals surface area contributed by atoms with Crippen LogP contribution in [0.4, 0.5) is 8.78 Å². The third kappa shape index (κ3) is 7.43. The Morgan fingerprint density at radius 1 is 0.824 bits per heavy atom. The molecule has 4 heteroatoms. The fourth-order valence-corrected chi connectivity index (χ4v) is 3.75. The molecular formula is C30H32F2O2. The Balaban J connectivity index is 1.62. The first-order valence-electron chi connectivity index (χ1n) is 11.9. The van der Waals surface area contributed by atoms with Gasteiger partial charge in [-0.15, -0.1) is 0 Å². The molecule has 0 aliphatic rings. The molecule has 0 aromatic heterocycles. The summed E-state index contributed by atoms with van der Waals surface area (Å²) in [5, 5.41) is 0. The minimum Gasteiger partial charge on any atom is -0.491 e. The Kier molecular flexibility index (Phi) is 9.67. The van der Waals surface area contributed by atoms with Crippen LogP contribution in [0.1, 0.15) is 62.6 Å². The van der Waals surface area contributed by atoms with Crippen LogP contribution >= 0.6 is 0 Å². The lowest BCUT2D eigenvalue weighted by Gasteiger charge is -2.15. The van der Waals surface area contributed by atoms with Crippen molar-refractivity contribution in [3.63, 3.8) is 0 Å². The Morgan fingerprint density at radius 3 is 2.03 bits per heavy atom. The van der Waals surface area contributed by atoms with E-state index in [1.165, 1.54) is 44.9 Å². The third-order valence-corrected chi connectivity index (χ3v) is 5.62. The lowest BCUT2D eigenvalue weighted by molar-refractivity contribution is 0.184. The molecule has 3 aromatic rings. The molecule has 3 rings (SSSR count). The van der Waals surface area contributed by atoms with Crippen molar-refractivity contribution in [2.75, 3.05) is 7.11 Å². The van der Waals surface area contributed by atoms with E-state index in [0.717, 1.165) is 23.3 Å². The molecule has 1 atom stereocenters. The second kappa shape index (κ2) is 12.9. The SMILES string of the molecule is CCCCCCC(C)Oc1ccc(-c2ccc(C#Cc3c(F)cc(COC)cc3F)cc2)cc1. The highest BCUT2D eigenvalue weighted by atomic mass is 19.1. The second-order valence-electron chi connectivity index (χ2n) is 8.50. The van der Waals surface area contributed by atoms with Gasteiger partial charge < -0.3 is 9.47 Å². The quantitative estimate of drug-likeness (QED) is 0.225. The molecule has 0 saturated carbocycles. The topological polar surface area (TPSA) is 18.5 Å². The van der Waals surface area contributed by atoms with Gasteiger partial charge >= 0.3 is 0 Å². The Hall–Kier alpha value is -3.16. The maximum atomic E-state index is 14.2. The van der Waals surface area contributed by atoms with Crippen LogP contribution in [0.25, 0.3) is 11.1 Å². The largest absolute Gasteiger partial charge is 0.491 e. The summed E-state index contributed by atoms with van der Waals surface area (Å²) in [5.74, 6) is 4.96. The maximum absolute atomic E-state index is 14.2. The molecule has 0 amide bonds. The highest BCUT2D eigenvalue weighted by Gasteiger charge is 2.09. The van der Waals surface area contributed by atoms with E-state index in [4.69, 9.17) is 9.47 Å². The molecule has 0 bridgehead atoms. The summed E-state index contributed by atoms with van der Waals surface area (Å²) < 4.78 is 39.4. The molecule has 0 fully saturated rings. The Labute approximate surface area is 201 Å².